The first-order valence-corrected chi connectivity index (χ1v) is 9.28. The number of thioether (sulfide) groups is 1. The summed E-state index contributed by atoms with van der Waals surface area (Å²) in [5.41, 5.74) is -0.0382. The van der Waals surface area contributed by atoms with Crippen molar-refractivity contribution in [2.24, 2.45) is 11.3 Å². The van der Waals surface area contributed by atoms with Crippen LogP contribution >= 0.6 is 24.2 Å². The van der Waals surface area contributed by atoms with Gasteiger partial charge in [-0.25, -0.2) is 0 Å². The highest BCUT2D eigenvalue weighted by molar-refractivity contribution is 7.99. The van der Waals surface area contributed by atoms with Gasteiger partial charge >= 0.3 is 0 Å². The normalized spacial score (nSPS) is 24.7. The lowest BCUT2D eigenvalue weighted by molar-refractivity contribution is -0.143. The summed E-state index contributed by atoms with van der Waals surface area (Å²) < 4.78 is 0. The molecule has 2 amide bonds. The molecular weight excluding hydrogens is 334 g/mol. The Bertz CT molecular complexity index is 428. The molecule has 0 spiro atoms. The maximum atomic E-state index is 12.8. The van der Waals surface area contributed by atoms with Crippen molar-refractivity contribution in [1.29, 1.82) is 0 Å². The third-order valence-corrected chi connectivity index (χ3v) is 5.27. The highest BCUT2D eigenvalue weighted by Crippen LogP contribution is 2.28. The Balaban J connectivity index is 0.00000264. The Hall–Kier alpha value is -0.460. The highest BCUT2D eigenvalue weighted by atomic mass is 35.5. The number of nitrogens with one attached hydrogen (secondary N) is 1. The number of hydrogen-bond donors (Lipinski definition) is 1. The average molecular weight is 364 g/mol. The van der Waals surface area contributed by atoms with Crippen LogP contribution in [0.4, 0.5) is 0 Å². The van der Waals surface area contributed by atoms with Crippen LogP contribution in [-0.2, 0) is 9.59 Å². The van der Waals surface area contributed by atoms with E-state index >= 15 is 0 Å². The number of rotatable bonds is 4. The lowest BCUT2D eigenvalue weighted by atomic mass is 9.91. The largest absolute Gasteiger partial charge is 0.341 e. The van der Waals surface area contributed by atoms with E-state index in [1.165, 1.54) is 0 Å². The molecule has 2 rings (SSSR count). The van der Waals surface area contributed by atoms with Crippen LogP contribution < -0.4 is 5.32 Å². The van der Waals surface area contributed by atoms with Crippen molar-refractivity contribution in [2.45, 2.75) is 39.7 Å². The van der Waals surface area contributed by atoms with E-state index < -0.39 is 0 Å². The minimum Gasteiger partial charge on any atom is -0.341 e. The second-order valence-corrected chi connectivity index (χ2v) is 8.61. The molecule has 5 nitrogen and oxygen atoms in total. The van der Waals surface area contributed by atoms with Crippen LogP contribution in [0, 0.1) is 11.3 Å². The van der Waals surface area contributed by atoms with Gasteiger partial charge in [-0.3, -0.25) is 9.59 Å². The standard InChI is InChI=1S/C16H29N3O2S.ClH/c1-16(2,3)7-14(20)19-11-22-10-13(19)15(21)18-6-5-12(9-18)8-17-4;/h12-13,17H,5-11H2,1-4H3;1H. The summed E-state index contributed by atoms with van der Waals surface area (Å²) in [6, 6.07) is -0.256. The third kappa shape index (κ3) is 5.54. The van der Waals surface area contributed by atoms with Crippen LogP contribution in [0.15, 0.2) is 0 Å². The SMILES string of the molecule is CNCC1CCN(C(=O)C2CSCN2C(=O)CC(C)(C)C)C1.Cl. The summed E-state index contributed by atoms with van der Waals surface area (Å²) in [6.07, 6.45) is 1.56. The van der Waals surface area contributed by atoms with Crippen LogP contribution in [0.25, 0.3) is 0 Å². The molecule has 0 aromatic rings. The number of halogens is 1. The summed E-state index contributed by atoms with van der Waals surface area (Å²) in [7, 11) is 1.95. The van der Waals surface area contributed by atoms with Crippen LogP contribution in [0.5, 0.6) is 0 Å². The smallest absolute Gasteiger partial charge is 0.246 e. The number of carbonyl (C=O) groups is 2. The molecule has 2 fully saturated rings. The van der Waals surface area contributed by atoms with Crippen LogP contribution in [0.3, 0.4) is 0 Å². The third-order valence-electron chi connectivity index (χ3n) is 4.26. The molecular formula is C16H30ClN3O2S. The molecule has 0 aromatic heterocycles. The Labute approximate surface area is 150 Å². The number of carbonyl (C=O) groups excluding carboxylic acids is 2. The summed E-state index contributed by atoms with van der Waals surface area (Å²) in [5.74, 6) is 2.19. The first kappa shape index (κ1) is 20.6. The molecule has 23 heavy (non-hydrogen) atoms. The molecule has 1 N–H and O–H groups in total. The molecule has 7 heteroatoms. The minimum atomic E-state index is -0.256. The van der Waals surface area contributed by atoms with Gasteiger partial charge in [0.2, 0.25) is 11.8 Å². The number of hydrogen-bond acceptors (Lipinski definition) is 4. The molecule has 2 heterocycles. The average Bonchev–Trinajstić information content (AvgIpc) is 3.05. The lowest BCUT2D eigenvalue weighted by Crippen LogP contribution is -2.49. The molecule has 0 bridgehead atoms. The molecule has 2 unspecified atom stereocenters. The quantitative estimate of drug-likeness (QED) is 0.827. The molecule has 2 aliphatic rings. The second-order valence-electron chi connectivity index (χ2n) is 7.61. The van der Waals surface area contributed by atoms with Crippen LogP contribution in [0.1, 0.15) is 33.6 Å². The van der Waals surface area contributed by atoms with E-state index in [-0.39, 0.29) is 35.7 Å². The maximum absolute atomic E-state index is 12.8. The van der Waals surface area contributed by atoms with Crippen molar-refractivity contribution in [3.8, 4) is 0 Å². The first-order valence-electron chi connectivity index (χ1n) is 8.12. The first-order chi connectivity index (χ1) is 10.3. The van der Waals surface area contributed by atoms with E-state index in [0.29, 0.717) is 18.2 Å². The van der Waals surface area contributed by atoms with E-state index in [1.54, 1.807) is 16.7 Å². The summed E-state index contributed by atoms with van der Waals surface area (Å²) in [6.45, 7) is 8.79. The molecule has 2 atom stereocenters. The Kier molecular flexibility index (Phi) is 7.68. The highest BCUT2D eigenvalue weighted by Gasteiger charge is 2.39. The van der Waals surface area contributed by atoms with Crippen molar-refractivity contribution < 1.29 is 9.59 Å². The number of amides is 2. The van der Waals surface area contributed by atoms with Gasteiger partial charge in [0, 0.05) is 25.3 Å². The molecule has 0 radical (unpaired) electrons. The lowest BCUT2D eigenvalue weighted by Gasteiger charge is -2.29. The second kappa shape index (κ2) is 8.58. The Morgan fingerprint density at radius 1 is 1.30 bits per heavy atom. The monoisotopic (exact) mass is 363 g/mol. The molecule has 2 aliphatic heterocycles. The van der Waals surface area contributed by atoms with E-state index in [1.807, 2.05) is 11.9 Å². The van der Waals surface area contributed by atoms with E-state index in [4.69, 9.17) is 0 Å². The van der Waals surface area contributed by atoms with Crippen LogP contribution in [0.2, 0.25) is 0 Å². The number of nitrogens with zero attached hydrogens (tertiary/aromatic N) is 2. The predicted octanol–water partition coefficient (Wildman–Crippen LogP) is 1.81. The Morgan fingerprint density at radius 2 is 2.00 bits per heavy atom. The molecule has 134 valence electrons. The minimum absolute atomic E-state index is 0. The fraction of sp³-hybridized carbons (Fsp3) is 0.875. The van der Waals surface area contributed by atoms with E-state index in [2.05, 4.69) is 26.1 Å². The zero-order chi connectivity index (χ0) is 16.3. The van der Waals surface area contributed by atoms with Gasteiger partial charge in [0.05, 0.1) is 5.88 Å². The van der Waals surface area contributed by atoms with E-state index in [0.717, 1.165) is 31.8 Å². The Morgan fingerprint density at radius 3 is 2.61 bits per heavy atom. The van der Waals surface area contributed by atoms with Gasteiger partial charge in [-0.2, -0.15) is 0 Å². The fourth-order valence-electron chi connectivity index (χ4n) is 3.15. The van der Waals surface area contributed by atoms with Crippen molar-refractivity contribution in [2.75, 3.05) is 38.3 Å². The fourth-order valence-corrected chi connectivity index (χ4v) is 4.32. The van der Waals surface area contributed by atoms with Gasteiger partial charge in [0.15, 0.2) is 0 Å². The van der Waals surface area contributed by atoms with Crippen molar-refractivity contribution in [3.63, 3.8) is 0 Å². The zero-order valence-electron chi connectivity index (χ0n) is 14.6. The van der Waals surface area contributed by atoms with Gasteiger partial charge in [-0.1, -0.05) is 20.8 Å². The van der Waals surface area contributed by atoms with E-state index in [9.17, 15) is 9.59 Å². The maximum Gasteiger partial charge on any atom is 0.246 e. The van der Waals surface area contributed by atoms with Gasteiger partial charge < -0.3 is 15.1 Å². The molecule has 0 saturated carbocycles. The van der Waals surface area contributed by atoms with Gasteiger partial charge in [0.1, 0.15) is 6.04 Å². The summed E-state index contributed by atoms with van der Waals surface area (Å²) in [5, 5.41) is 3.18. The van der Waals surface area contributed by atoms with Crippen molar-refractivity contribution >= 4 is 36.0 Å². The van der Waals surface area contributed by atoms with Gasteiger partial charge in [0.25, 0.3) is 0 Å². The number of likely N-dealkylation sites (tertiary alicyclic amines) is 1. The zero-order valence-corrected chi connectivity index (χ0v) is 16.3. The van der Waals surface area contributed by atoms with Gasteiger partial charge in [-0.15, -0.1) is 24.2 Å². The van der Waals surface area contributed by atoms with Crippen LogP contribution in [-0.4, -0.2) is 66.0 Å². The molecule has 0 aromatic carbocycles. The van der Waals surface area contributed by atoms with Crippen molar-refractivity contribution in [1.82, 2.24) is 15.1 Å². The predicted molar refractivity (Wildman–Crippen MR) is 97.9 cm³/mol. The summed E-state index contributed by atoms with van der Waals surface area (Å²) >= 11 is 1.69. The summed E-state index contributed by atoms with van der Waals surface area (Å²) in [4.78, 5) is 29.0. The molecule has 2 saturated heterocycles. The van der Waals surface area contributed by atoms with Gasteiger partial charge in [-0.05, 0) is 31.3 Å². The van der Waals surface area contributed by atoms with Crippen molar-refractivity contribution in [3.05, 3.63) is 0 Å². The topological polar surface area (TPSA) is 52.7 Å². The molecule has 0 aliphatic carbocycles.